The summed E-state index contributed by atoms with van der Waals surface area (Å²) in [4.78, 5) is 0. The lowest BCUT2D eigenvalue weighted by atomic mass is 10.0. The van der Waals surface area contributed by atoms with Gasteiger partial charge >= 0.3 is 6.18 Å². The Morgan fingerprint density at radius 1 is 0.857 bits per heavy atom. The van der Waals surface area contributed by atoms with Crippen LogP contribution in [0.25, 0.3) is 0 Å². The van der Waals surface area contributed by atoms with Crippen molar-refractivity contribution in [1.29, 1.82) is 0 Å². The highest BCUT2D eigenvalue weighted by Gasteiger charge is 2.34. The predicted octanol–water partition coefficient (Wildman–Crippen LogP) is 6.48. The summed E-state index contributed by atoms with van der Waals surface area (Å²) in [7, 11) is 0. The van der Waals surface area contributed by atoms with Crippen LogP contribution in [0.5, 0.6) is 0 Å². The highest BCUT2D eigenvalue weighted by atomic mass is 35.5. The molecule has 0 nitrogen and oxygen atoms in total. The van der Waals surface area contributed by atoms with Crippen LogP contribution in [0.3, 0.4) is 0 Å². The third-order valence-electron chi connectivity index (χ3n) is 2.82. The molecule has 21 heavy (non-hydrogen) atoms. The second-order valence-electron chi connectivity index (χ2n) is 4.27. The molecule has 0 aromatic heterocycles. The molecule has 112 valence electrons. The van der Waals surface area contributed by atoms with Gasteiger partial charge in [0.15, 0.2) is 0 Å². The van der Waals surface area contributed by atoms with E-state index in [-0.39, 0.29) is 10.6 Å². The Labute approximate surface area is 133 Å². The standard InChI is InChI=1S/C14H7Cl3F4/c15-10-3-1-8(6-11(10)16)13(17)7-2-4-12(18)9(5-7)14(19,20)21/h1-6,13H. The lowest BCUT2D eigenvalue weighted by molar-refractivity contribution is -0.140. The first-order chi connectivity index (χ1) is 9.70. The molecule has 1 atom stereocenters. The van der Waals surface area contributed by atoms with Crippen molar-refractivity contribution < 1.29 is 17.6 Å². The first-order valence-corrected chi connectivity index (χ1v) is 6.85. The highest BCUT2D eigenvalue weighted by molar-refractivity contribution is 6.42. The summed E-state index contributed by atoms with van der Waals surface area (Å²) in [6.45, 7) is 0. The van der Waals surface area contributed by atoms with E-state index in [9.17, 15) is 17.6 Å². The van der Waals surface area contributed by atoms with Crippen molar-refractivity contribution >= 4 is 34.8 Å². The molecular formula is C14H7Cl3F4. The summed E-state index contributed by atoms with van der Waals surface area (Å²) in [5.74, 6) is -1.34. The zero-order valence-corrected chi connectivity index (χ0v) is 12.5. The average molecular weight is 358 g/mol. The summed E-state index contributed by atoms with van der Waals surface area (Å²) < 4.78 is 51.3. The van der Waals surface area contributed by atoms with Crippen molar-refractivity contribution in [3.63, 3.8) is 0 Å². The van der Waals surface area contributed by atoms with Crippen LogP contribution in [0.2, 0.25) is 10.0 Å². The van der Waals surface area contributed by atoms with Crippen LogP contribution in [-0.2, 0) is 6.18 Å². The Balaban J connectivity index is 2.44. The van der Waals surface area contributed by atoms with Gasteiger partial charge in [0, 0.05) is 0 Å². The van der Waals surface area contributed by atoms with Crippen molar-refractivity contribution in [3.8, 4) is 0 Å². The molecule has 0 fully saturated rings. The number of benzene rings is 2. The molecule has 7 heteroatoms. The largest absolute Gasteiger partial charge is 0.419 e. The van der Waals surface area contributed by atoms with E-state index in [0.29, 0.717) is 16.7 Å². The van der Waals surface area contributed by atoms with E-state index in [1.165, 1.54) is 18.2 Å². The number of rotatable bonds is 2. The Morgan fingerprint density at radius 3 is 2.00 bits per heavy atom. The van der Waals surface area contributed by atoms with Crippen LogP contribution in [-0.4, -0.2) is 0 Å². The summed E-state index contributed by atoms with van der Waals surface area (Å²) in [5, 5.41) is -0.362. The average Bonchev–Trinajstić information content (AvgIpc) is 2.40. The summed E-state index contributed by atoms with van der Waals surface area (Å²) in [5.41, 5.74) is -0.778. The van der Waals surface area contributed by atoms with Crippen LogP contribution < -0.4 is 0 Å². The van der Waals surface area contributed by atoms with Crippen molar-refractivity contribution in [1.82, 2.24) is 0 Å². The summed E-state index contributed by atoms with van der Waals surface area (Å²) >= 11 is 17.7. The van der Waals surface area contributed by atoms with Gasteiger partial charge in [-0.05, 0) is 35.4 Å². The minimum absolute atomic E-state index is 0.115. The van der Waals surface area contributed by atoms with Gasteiger partial charge in [-0.25, -0.2) is 4.39 Å². The fraction of sp³-hybridized carbons (Fsp3) is 0.143. The number of hydrogen-bond donors (Lipinski definition) is 0. The third kappa shape index (κ3) is 3.62. The van der Waals surface area contributed by atoms with Crippen molar-refractivity contribution in [2.45, 2.75) is 11.6 Å². The second-order valence-corrected chi connectivity index (χ2v) is 5.52. The van der Waals surface area contributed by atoms with Gasteiger partial charge in [-0.15, -0.1) is 11.6 Å². The molecule has 0 aliphatic heterocycles. The molecule has 0 radical (unpaired) electrons. The molecule has 0 bridgehead atoms. The zero-order chi connectivity index (χ0) is 15.8. The SMILES string of the molecule is Fc1ccc(C(Cl)c2ccc(Cl)c(Cl)c2)cc1C(F)(F)F. The maximum atomic E-state index is 13.2. The molecule has 2 aromatic carbocycles. The molecular weight excluding hydrogens is 351 g/mol. The fourth-order valence-corrected chi connectivity index (χ4v) is 2.36. The first kappa shape index (κ1) is 16.4. The molecule has 1 unspecified atom stereocenters. The third-order valence-corrected chi connectivity index (χ3v) is 4.07. The van der Waals surface area contributed by atoms with Gasteiger partial charge in [0.1, 0.15) is 5.82 Å². The second kappa shape index (κ2) is 6.03. The maximum Gasteiger partial charge on any atom is 0.419 e. The van der Waals surface area contributed by atoms with Crippen LogP contribution in [0, 0.1) is 5.82 Å². The topological polar surface area (TPSA) is 0 Å². The van der Waals surface area contributed by atoms with E-state index < -0.39 is 22.9 Å². The minimum atomic E-state index is -4.78. The highest BCUT2D eigenvalue weighted by Crippen LogP contribution is 2.37. The fourth-order valence-electron chi connectivity index (χ4n) is 1.78. The molecule has 2 rings (SSSR count). The van der Waals surface area contributed by atoms with Crippen LogP contribution in [0.1, 0.15) is 22.1 Å². The van der Waals surface area contributed by atoms with Crippen molar-refractivity contribution in [3.05, 3.63) is 69.0 Å². The van der Waals surface area contributed by atoms with Gasteiger partial charge in [-0.1, -0.05) is 35.3 Å². The summed E-state index contributed by atoms with van der Waals surface area (Å²) in [6.07, 6.45) is -4.78. The van der Waals surface area contributed by atoms with Crippen molar-refractivity contribution in [2.24, 2.45) is 0 Å². The van der Waals surface area contributed by atoms with E-state index in [1.54, 1.807) is 6.07 Å². The monoisotopic (exact) mass is 356 g/mol. The Bertz CT molecular complexity index is 668. The minimum Gasteiger partial charge on any atom is -0.206 e. The first-order valence-electron chi connectivity index (χ1n) is 5.66. The molecule has 0 heterocycles. The molecule has 0 N–H and O–H groups in total. The number of halogens is 7. The molecule has 0 amide bonds. The van der Waals surface area contributed by atoms with E-state index >= 15 is 0 Å². The van der Waals surface area contributed by atoms with Gasteiger partial charge in [-0.2, -0.15) is 13.2 Å². The lowest BCUT2D eigenvalue weighted by Crippen LogP contribution is -2.09. The van der Waals surface area contributed by atoms with Crippen molar-refractivity contribution in [2.75, 3.05) is 0 Å². The maximum absolute atomic E-state index is 13.2. The van der Waals surface area contributed by atoms with Gasteiger partial charge in [0.2, 0.25) is 0 Å². The molecule has 0 aliphatic rings. The molecule has 0 saturated heterocycles. The van der Waals surface area contributed by atoms with E-state index in [2.05, 4.69) is 0 Å². The van der Waals surface area contributed by atoms with Gasteiger partial charge in [0.05, 0.1) is 21.0 Å². The lowest BCUT2D eigenvalue weighted by Gasteiger charge is -2.14. The van der Waals surface area contributed by atoms with Crippen LogP contribution in [0.4, 0.5) is 17.6 Å². The van der Waals surface area contributed by atoms with E-state index in [4.69, 9.17) is 34.8 Å². The Morgan fingerprint density at radius 2 is 1.43 bits per heavy atom. The Hall–Kier alpha value is -0.970. The smallest absolute Gasteiger partial charge is 0.206 e. The van der Waals surface area contributed by atoms with Gasteiger partial charge < -0.3 is 0 Å². The molecule has 0 aliphatic carbocycles. The molecule has 0 saturated carbocycles. The van der Waals surface area contributed by atoms with Crippen LogP contribution >= 0.6 is 34.8 Å². The van der Waals surface area contributed by atoms with Gasteiger partial charge in [0.25, 0.3) is 0 Å². The normalized spacial score (nSPS) is 13.3. The molecule has 2 aromatic rings. The molecule has 0 spiro atoms. The quantitative estimate of drug-likeness (QED) is 0.426. The van der Waals surface area contributed by atoms with E-state index in [0.717, 1.165) is 6.07 Å². The van der Waals surface area contributed by atoms with Gasteiger partial charge in [-0.3, -0.25) is 0 Å². The Kier molecular flexibility index (Phi) is 4.71. The summed E-state index contributed by atoms with van der Waals surface area (Å²) in [6, 6.07) is 7.12. The number of alkyl halides is 4. The van der Waals surface area contributed by atoms with E-state index in [1.807, 2.05) is 0 Å². The number of hydrogen-bond acceptors (Lipinski definition) is 0. The zero-order valence-electron chi connectivity index (χ0n) is 10.2. The van der Waals surface area contributed by atoms with Crippen LogP contribution in [0.15, 0.2) is 36.4 Å². The predicted molar refractivity (Wildman–Crippen MR) is 75.6 cm³/mol.